The summed E-state index contributed by atoms with van der Waals surface area (Å²) in [5.41, 5.74) is 0.514. The Hall–Kier alpha value is -1.60. The highest BCUT2D eigenvalue weighted by Gasteiger charge is 2.39. The highest BCUT2D eigenvalue weighted by atomic mass is 32.2. The number of rotatable bonds is 2. The quantitative estimate of drug-likeness (QED) is 0.635. The molecular weight excluding hydrogens is 246 g/mol. The fourth-order valence-corrected chi connectivity index (χ4v) is 2.92. The summed E-state index contributed by atoms with van der Waals surface area (Å²) in [5, 5.41) is 1.41. The molecule has 0 saturated carbocycles. The minimum atomic E-state index is -4.37. The van der Waals surface area contributed by atoms with Crippen molar-refractivity contribution in [3.8, 4) is 0 Å². The lowest BCUT2D eigenvalue weighted by Gasteiger charge is -2.24. The maximum absolute atomic E-state index is 11.6. The Morgan fingerprint density at radius 3 is 2.35 bits per heavy atom. The number of benzene rings is 1. The summed E-state index contributed by atoms with van der Waals surface area (Å²) >= 11 is 0. The van der Waals surface area contributed by atoms with Gasteiger partial charge in [-0.3, -0.25) is 9.35 Å². The molecule has 17 heavy (non-hydrogen) atoms. The molecule has 0 amide bonds. The first-order chi connectivity index (χ1) is 7.95. The van der Waals surface area contributed by atoms with Crippen molar-refractivity contribution >= 4 is 15.9 Å². The SMILES string of the molecule is O=NC1C(=O)CC(S(=O)(=O)O)c2ccccc21. The normalized spacial score (nSPS) is 24.2. The lowest BCUT2D eigenvalue weighted by molar-refractivity contribution is -0.120. The van der Waals surface area contributed by atoms with Crippen LogP contribution in [0, 0.1) is 4.91 Å². The Kier molecular flexibility index (Phi) is 2.80. The molecule has 1 N–H and O–H groups in total. The zero-order chi connectivity index (χ0) is 12.6. The van der Waals surface area contributed by atoms with Crippen LogP contribution in [0.1, 0.15) is 28.8 Å². The van der Waals surface area contributed by atoms with Crippen LogP contribution in [-0.2, 0) is 14.9 Å². The Bertz CT molecular complexity index is 580. The minimum absolute atomic E-state index is 0.251. The zero-order valence-corrected chi connectivity index (χ0v) is 9.42. The van der Waals surface area contributed by atoms with Gasteiger partial charge in [0.05, 0.1) is 0 Å². The van der Waals surface area contributed by atoms with Crippen molar-refractivity contribution in [1.82, 2.24) is 0 Å². The van der Waals surface area contributed by atoms with Gasteiger partial charge in [-0.05, 0) is 11.1 Å². The van der Waals surface area contributed by atoms with Gasteiger partial charge in [-0.2, -0.15) is 8.42 Å². The molecule has 0 saturated heterocycles. The molecule has 0 radical (unpaired) electrons. The van der Waals surface area contributed by atoms with Crippen LogP contribution in [0.4, 0.5) is 0 Å². The first-order valence-electron chi connectivity index (χ1n) is 4.85. The van der Waals surface area contributed by atoms with Crippen LogP contribution >= 0.6 is 0 Å². The first-order valence-corrected chi connectivity index (χ1v) is 6.35. The first kappa shape index (κ1) is 11.9. The van der Waals surface area contributed by atoms with E-state index in [4.69, 9.17) is 4.55 Å². The number of hydrogen-bond donors (Lipinski definition) is 1. The number of ketones is 1. The fraction of sp³-hybridized carbons (Fsp3) is 0.300. The number of nitrogens with zero attached hydrogens (tertiary/aromatic N) is 1. The van der Waals surface area contributed by atoms with Gasteiger partial charge in [-0.15, -0.1) is 4.91 Å². The molecule has 1 aromatic rings. The third-order valence-corrected chi connectivity index (χ3v) is 3.93. The standard InChI is InChI=1S/C10H9NO5S/c12-8-5-9(17(14,15)16)6-3-1-2-4-7(6)10(8)11-13/h1-4,9-10H,5H2,(H,14,15,16). The van der Waals surface area contributed by atoms with E-state index in [-0.39, 0.29) is 11.1 Å². The van der Waals surface area contributed by atoms with Gasteiger partial charge >= 0.3 is 0 Å². The lowest BCUT2D eigenvalue weighted by atomic mass is 9.87. The van der Waals surface area contributed by atoms with Gasteiger partial charge < -0.3 is 0 Å². The van der Waals surface area contributed by atoms with E-state index >= 15 is 0 Å². The summed E-state index contributed by atoms with van der Waals surface area (Å²) in [6.45, 7) is 0. The van der Waals surface area contributed by atoms with Crippen molar-refractivity contribution in [2.75, 3.05) is 0 Å². The van der Waals surface area contributed by atoms with Gasteiger partial charge in [0.2, 0.25) is 0 Å². The van der Waals surface area contributed by atoms with Crippen molar-refractivity contribution in [3.63, 3.8) is 0 Å². The molecule has 1 aliphatic carbocycles. The highest BCUT2D eigenvalue weighted by Crippen LogP contribution is 2.39. The van der Waals surface area contributed by atoms with E-state index in [9.17, 15) is 18.1 Å². The van der Waals surface area contributed by atoms with Gasteiger partial charge in [0.15, 0.2) is 11.8 Å². The van der Waals surface area contributed by atoms with Gasteiger partial charge in [0.25, 0.3) is 10.1 Å². The average molecular weight is 255 g/mol. The Labute approximate surface area is 97.4 Å². The smallest absolute Gasteiger partial charge is 0.272 e. The Balaban J connectivity index is 2.64. The van der Waals surface area contributed by atoms with Gasteiger partial charge in [-0.1, -0.05) is 29.4 Å². The maximum Gasteiger partial charge on any atom is 0.272 e. The molecule has 2 atom stereocenters. The molecule has 2 unspecified atom stereocenters. The van der Waals surface area contributed by atoms with E-state index in [1.54, 1.807) is 12.1 Å². The molecule has 0 aliphatic heterocycles. The zero-order valence-electron chi connectivity index (χ0n) is 8.61. The molecule has 1 aromatic carbocycles. The number of carbonyl (C=O) groups excluding carboxylic acids is 1. The summed E-state index contributed by atoms with van der Waals surface area (Å²) in [6, 6.07) is 4.92. The van der Waals surface area contributed by atoms with Crippen LogP contribution in [0.5, 0.6) is 0 Å². The predicted octanol–water partition coefficient (Wildman–Crippen LogP) is 1.40. The number of carbonyl (C=O) groups is 1. The second kappa shape index (κ2) is 4.01. The minimum Gasteiger partial charge on any atom is -0.297 e. The van der Waals surface area contributed by atoms with Crippen LogP contribution in [0.15, 0.2) is 29.4 Å². The molecule has 0 aromatic heterocycles. The molecule has 2 rings (SSSR count). The summed E-state index contributed by atoms with van der Waals surface area (Å²) < 4.78 is 31.4. The van der Waals surface area contributed by atoms with E-state index in [1.165, 1.54) is 12.1 Å². The lowest BCUT2D eigenvalue weighted by Crippen LogP contribution is -2.26. The van der Waals surface area contributed by atoms with E-state index in [2.05, 4.69) is 5.18 Å². The van der Waals surface area contributed by atoms with Gasteiger partial charge in [0, 0.05) is 6.42 Å². The fourth-order valence-electron chi connectivity index (χ4n) is 2.01. The number of hydrogen-bond acceptors (Lipinski definition) is 5. The second-order valence-corrected chi connectivity index (χ2v) is 5.41. The van der Waals surface area contributed by atoms with Crippen LogP contribution in [-0.4, -0.2) is 18.8 Å². The summed E-state index contributed by atoms with van der Waals surface area (Å²) in [6.07, 6.45) is -0.424. The van der Waals surface area contributed by atoms with E-state index in [0.717, 1.165) is 0 Å². The number of nitroso groups, excluding NO2 is 1. The summed E-state index contributed by atoms with van der Waals surface area (Å²) in [5.74, 6) is -0.596. The topological polar surface area (TPSA) is 101 Å². The van der Waals surface area contributed by atoms with Gasteiger partial charge in [0.1, 0.15) is 5.25 Å². The van der Waals surface area contributed by atoms with E-state index in [0.29, 0.717) is 0 Å². The highest BCUT2D eigenvalue weighted by molar-refractivity contribution is 7.86. The Morgan fingerprint density at radius 2 is 1.82 bits per heavy atom. The van der Waals surface area contributed by atoms with Crippen molar-refractivity contribution in [2.45, 2.75) is 17.7 Å². The second-order valence-electron chi connectivity index (χ2n) is 3.81. The molecule has 6 nitrogen and oxygen atoms in total. The van der Waals surface area contributed by atoms with Crippen molar-refractivity contribution < 1.29 is 17.8 Å². The van der Waals surface area contributed by atoms with Crippen molar-refractivity contribution in [1.29, 1.82) is 0 Å². The van der Waals surface area contributed by atoms with E-state index in [1.807, 2.05) is 0 Å². The molecule has 1 aliphatic rings. The predicted molar refractivity (Wildman–Crippen MR) is 58.9 cm³/mol. The van der Waals surface area contributed by atoms with Crippen LogP contribution in [0.2, 0.25) is 0 Å². The third-order valence-electron chi connectivity index (χ3n) is 2.79. The third kappa shape index (κ3) is 1.98. The van der Waals surface area contributed by atoms with Crippen LogP contribution < -0.4 is 0 Å². The van der Waals surface area contributed by atoms with Crippen LogP contribution in [0.25, 0.3) is 0 Å². The molecule has 90 valence electrons. The summed E-state index contributed by atoms with van der Waals surface area (Å²) in [7, 11) is -4.37. The monoisotopic (exact) mass is 255 g/mol. The summed E-state index contributed by atoms with van der Waals surface area (Å²) in [4.78, 5) is 22.2. The number of fused-ring (bicyclic) bond motifs is 1. The van der Waals surface area contributed by atoms with E-state index < -0.39 is 33.6 Å². The maximum atomic E-state index is 11.6. The van der Waals surface area contributed by atoms with Gasteiger partial charge in [-0.25, -0.2) is 0 Å². The molecular formula is C10H9NO5S. The largest absolute Gasteiger partial charge is 0.297 e. The number of Topliss-reactive ketones (excluding diaryl/α,β-unsaturated/α-hetero) is 1. The van der Waals surface area contributed by atoms with Crippen molar-refractivity contribution in [3.05, 3.63) is 40.3 Å². The van der Waals surface area contributed by atoms with Crippen LogP contribution in [0.3, 0.4) is 0 Å². The molecule has 0 bridgehead atoms. The molecule has 0 fully saturated rings. The van der Waals surface area contributed by atoms with Crippen molar-refractivity contribution in [2.24, 2.45) is 5.18 Å². The average Bonchev–Trinajstić information content (AvgIpc) is 2.27. The Morgan fingerprint density at radius 1 is 1.24 bits per heavy atom. The molecule has 0 heterocycles. The molecule has 7 heteroatoms. The molecule has 0 spiro atoms.